The average Bonchev–Trinajstić information content (AvgIpc) is 2.99. The summed E-state index contributed by atoms with van der Waals surface area (Å²) in [5, 5.41) is 15.3. The number of hydrogen-bond donors (Lipinski definition) is 3. The molecule has 5 heteroatoms. The molecule has 0 bridgehead atoms. The van der Waals surface area contributed by atoms with Gasteiger partial charge in [0.2, 0.25) is 0 Å². The second-order valence-corrected chi connectivity index (χ2v) is 5.30. The highest BCUT2D eigenvalue weighted by Gasteiger charge is 2.14. The molecule has 0 saturated heterocycles. The lowest BCUT2D eigenvalue weighted by Crippen LogP contribution is -2.21. The molecule has 5 nitrogen and oxygen atoms in total. The van der Waals surface area contributed by atoms with Crippen molar-refractivity contribution in [2.24, 2.45) is 16.8 Å². The van der Waals surface area contributed by atoms with E-state index in [0.717, 1.165) is 24.6 Å². The highest BCUT2D eigenvalue weighted by Crippen LogP contribution is 2.24. The van der Waals surface area contributed by atoms with Gasteiger partial charge in [0.05, 0.1) is 12.7 Å². The molecule has 1 aliphatic rings. The van der Waals surface area contributed by atoms with Crippen molar-refractivity contribution in [1.29, 1.82) is 0 Å². The van der Waals surface area contributed by atoms with E-state index in [4.69, 9.17) is 15.7 Å². The summed E-state index contributed by atoms with van der Waals surface area (Å²) in [6, 6.07) is 5.74. The van der Waals surface area contributed by atoms with Crippen molar-refractivity contribution >= 4 is 5.84 Å². The van der Waals surface area contributed by atoms with Crippen LogP contribution in [0, 0.1) is 5.92 Å². The van der Waals surface area contributed by atoms with Crippen molar-refractivity contribution < 1.29 is 9.94 Å². The topological polar surface area (TPSA) is 79.9 Å². The van der Waals surface area contributed by atoms with Crippen LogP contribution in [0.25, 0.3) is 0 Å². The summed E-state index contributed by atoms with van der Waals surface area (Å²) in [5.74, 6) is 1.50. The van der Waals surface area contributed by atoms with Crippen LogP contribution < -0.4 is 15.8 Å². The highest BCUT2D eigenvalue weighted by molar-refractivity contribution is 5.99. The lowest BCUT2D eigenvalue weighted by molar-refractivity contribution is 0.318. The van der Waals surface area contributed by atoms with Gasteiger partial charge in [-0.3, -0.25) is 0 Å². The number of nitrogens with two attached hydrogens (primary N) is 1. The SMILES string of the molecule is COc1ccc(CNCC2CCCC2)cc1C(N)=NO. The zero-order valence-electron chi connectivity index (χ0n) is 11.9. The van der Waals surface area contributed by atoms with E-state index in [1.807, 2.05) is 18.2 Å². The summed E-state index contributed by atoms with van der Waals surface area (Å²) in [4.78, 5) is 0. The minimum Gasteiger partial charge on any atom is -0.496 e. The number of nitrogens with zero attached hydrogens (tertiary/aromatic N) is 1. The first kappa shape index (κ1) is 14.7. The number of methoxy groups -OCH3 is 1. The number of nitrogens with one attached hydrogen (secondary N) is 1. The summed E-state index contributed by atoms with van der Waals surface area (Å²) >= 11 is 0. The minimum atomic E-state index is 0.0690. The van der Waals surface area contributed by atoms with E-state index < -0.39 is 0 Å². The molecule has 110 valence electrons. The fourth-order valence-corrected chi connectivity index (χ4v) is 2.75. The van der Waals surface area contributed by atoms with Crippen LogP contribution in [-0.2, 0) is 6.54 Å². The van der Waals surface area contributed by atoms with E-state index in [1.165, 1.54) is 25.7 Å². The molecule has 1 saturated carbocycles. The first-order valence-corrected chi connectivity index (χ1v) is 7.10. The Bertz CT molecular complexity index is 468. The minimum absolute atomic E-state index is 0.0690. The van der Waals surface area contributed by atoms with Crippen LogP contribution >= 0.6 is 0 Å². The number of rotatable bonds is 6. The number of benzene rings is 1. The van der Waals surface area contributed by atoms with E-state index >= 15 is 0 Å². The first-order valence-electron chi connectivity index (χ1n) is 7.10. The first-order chi connectivity index (χ1) is 9.74. The third-order valence-corrected chi connectivity index (χ3v) is 3.88. The molecule has 20 heavy (non-hydrogen) atoms. The smallest absolute Gasteiger partial charge is 0.173 e. The fraction of sp³-hybridized carbons (Fsp3) is 0.533. The molecule has 0 aliphatic heterocycles. The molecule has 0 atom stereocenters. The Morgan fingerprint density at radius 3 is 2.85 bits per heavy atom. The van der Waals surface area contributed by atoms with Gasteiger partial charge in [-0.05, 0) is 43.0 Å². The third kappa shape index (κ3) is 3.63. The summed E-state index contributed by atoms with van der Waals surface area (Å²) < 4.78 is 5.22. The molecule has 1 aromatic carbocycles. The number of oxime groups is 1. The van der Waals surface area contributed by atoms with Gasteiger partial charge in [-0.1, -0.05) is 24.1 Å². The number of ether oxygens (including phenoxy) is 1. The maximum Gasteiger partial charge on any atom is 0.173 e. The Balaban J connectivity index is 1.97. The van der Waals surface area contributed by atoms with Crippen LogP contribution in [0.2, 0.25) is 0 Å². The van der Waals surface area contributed by atoms with Crippen LogP contribution in [0.5, 0.6) is 5.75 Å². The Hall–Kier alpha value is -1.75. The van der Waals surface area contributed by atoms with E-state index in [0.29, 0.717) is 11.3 Å². The predicted octanol–water partition coefficient (Wildman–Crippen LogP) is 2.07. The zero-order valence-corrected chi connectivity index (χ0v) is 11.9. The van der Waals surface area contributed by atoms with Crippen molar-refractivity contribution in [2.45, 2.75) is 32.2 Å². The molecule has 4 N–H and O–H groups in total. The lowest BCUT2D eigenvalue weighted by Gasteiger charge is -2.12. The van der Waals surface area contributed by atoms with E-state index in [-0.39, 0.29) is 5.84 Å². The van der Waals surface area contributed by atoms with Gasteiger partial charge < -0.3 is 21.0 Å². The van der Waals surface area contributed by atoms with Crippen LogP contribution in [0.15, 0.2) is 23.4 Å². The van der Waals surface area contributed by atoms with Gasteiger partial charge in [-0.15, -0.1) is 0 Å². The molecule has 0 spiro atoms. The van der Waals surface area contributed by atoms with Crippen LogP contribution in [-0.4, -0.2) is 24.7 Å². The van der Waals surface area contributed by atoms with Crippen LogP contribution in [0.1, 0.15) is 36.8 Å². The van der Waals surface area contributed by atoms with E-state index in [9.17, 15) is 0 Å². The second kappa shape index (κ2) is 7.14. The van der Waals surface area contributed by atoms with Crippen LogP contribution in [0.3, 0.4) is 0 Å². The van der Waals surface area contributed by atoms with Gasteiger partial charge in [0.25, 0.3) is 0 Å². The second-order valence-electron chi connectivity index (χ2n) is 5.30. The molecule has 0 heterocycles. The van der Waals surface area contributed by atoms with Gasteiger partial charge in [0, 0.05) is 6.54 Å². The Labute approximate surface area is 119 Å². The molecule has 0 amide bonds. The molecule has 0 radical (unpaired) electrons. The molecule has 1 aliphatic carbocycles. The van der Waals surface area contributed by atoms with Gasteiger partial charge >= 0.3 is 0 Å². The van der Waals surface area contributed by atoms with Gasteiger partial charge in [-0.2, -0.15) is 0 Å². The van der Waals surface area contributed by atoms with Crippen LogP contribution in [0.4, 0.5) is 0 Å². The summed E-state index contributed by atoms with van der Waals surface area (Å²) in [7, 11) is 1.57. The fourth-order valence-electron chi connectivity index (χ4n) is 2.75. The maximum atomic E-state index is 8.81. The van der Waals surface area contributed by atoms with E-state index in [2.05, 4.69) is 10.5 Å². The highest BCUT2D eigenvalue weighted by atomic mass is 16.5. The molecular weight excluding hydrogens is 254 g/mol. The van der Waals surface area contributed by atoms with E-state index in [1.54, 1.807) is 7.11 Å². The summed E-state index contributed by atoms with van der Waals surface area (Å²) in [5.41, 5.74) is 7.39. The Morgan fingerprint density at radius 2 is 2.20 bits per heavy atom. The third-order valence-electron chi connectivity index (χ3n) is 3.88. The quantitative estimate of drug-likeness (QED) is 0.322. The van der Waals surface area contributed by atoms with Gasteiger partial charge in [-0.25, -0.2) is 0 Å². The molecule has 1 fully saturated rings. The Morgan fingerprint density at radius 1 is 1.45 bits per heavy atom. The monoisotopic (exact) mass is 277 g/mol. The lowest BCUT2D eigenvalue weighted by atomic mass is 10.1. The predicted molar refractivity (Wildman–Crippen MR) is 79.2 cm³/mol. The van der Waals surface area contributed by atoms with Crippen molar-refractivity contribution in [2.75, 3.05) is 13.7 Å². The number of amidine groups is 1. The molecule has 0 aromatic heterocycles. The Kier molecular flexibility index (Phi) is 5.24. The van der Waals surface area contributed by atoms with Gasteiger partial charge in [0.15, 0.2) is 5.84 Å². The zero-order chi connectivity index (χ0) is 14.4. The summed E-state index contributed by atoms with van der Waals surface area (Å²) in [6.07, 6.45) is 5.40. The van der Waals surface area contributed by atoms with Gasteiger partial charge in [0.1, 0.15) is 5.75 Å². The summed E-state index contributed by atoms with van der Waals surface area (Å²) in [6.45, 7) is 1.84. The molecule has 0 unspecified atom stereocenters. The molecule has 2 rings (SSSR count). The standard InChI is InChI=1S/C15H23N3O2/c1-20-14-7-6-12(8-13(14)15(16)18-19)10-17-9-11-4-2-3-5-11/h6-8,11,17,19H,2-5,9-10H2,1H3,(H2,16,18). The molecular formula is C15H23N3O2. The largest absolute Gasteiger partial charge is 0.496 e. The van der Waals surface area contributed by atoms with Crippen molar-refractivity contribution in [3.8, 4) is 5.75 Å². The number of hydrogen-bond acceptors (Lipinski definition) is 4. The average molecular weight is 277 g/mol. The molecule has 1 aromatic rings. The normalized spacial score (nSPS) is 16.6. The maximum absolute atomic E-state index is 8.81. The van der Waals surface area contributed by atoms with Crippen molar-refractivity contribution in [3.05, 3.63) is 29.3 Å². The van der Waals surface area contributed by atoms with Crippen molar-refractivity contribution in [1.82, 2.24) is 5.32 Å². The van der Waals surface area contributed by atoms with Crippen molar-refractivity contribution in [3.63, 3.8) is 0 Å².